The molecule has 0 unspecified atom stereocenters. The lowest BCUT2D eigenvalue weighted by Gasteiger charge is -2.06. The lowest BCUT2D eigenvalue weighted by Crippen LogP contribution is -2.07. The molecule has 0 aliphatic carbocycles. The maximum Gasteiger partial charge on any atom is 0.234 e. The first-order valence-electron chi connectivity index (χ1n) is 9.20. The van der Waals surface area contributed by atoms with Crippen LogP contribution in [-0.2, 0) is 16.4 Å². The lowest BCUT2D eigenvalue weighted by molar-refractivity contribution is 0.576. The molecule has 0 fully saturated rings. The quantitative estimate of drug-likeness (QED) is 0.484. The van der Waals surface area contributed by atoms with Crippen LogP contribution in [0.5, 0.6) is 0 Å². The fraction of sp³-hybridized carbons (Fsp3) is 0.0870. The first kappa shape index (κ1) is 19.0. The molecule has 4 aromatic rings. The number of oxazole rings is 1. The predicted octanol–water partition coefficient (Wildman–Crippen LogP) is 5.09. The highest BCUT2D eigenvalue weighted by Gasteiger charge is 2.28. The Morgan fingerprint density at radius 1 is 0.862 bits per heavy atom. The van der Waals surface area contributed by atoms with E-state index in [0.29, 0.717) is 12.1 Å². The molecule has 0 atom stereocenters. The third kappa shape index (κ3) is 4.07. The molecule has 0 aliphatic heterocycles. The molecular formula is C23H20N2O3S. The van der Waals surface area contributed by atoms with Crippen LogP contribution >= 0.6 is 0 Å². The van der Waals surface area contributed by atoms with Crippen molar-refractivity contribution in [3.05, 3.63) is 96.1 Å². The summed E-state index contributed by atoms with van der Waals surface area (Å²) < 4.78 is 32.3. The van der Waals surface area contributed by atoms with Crippen LogP contribution in [0.1, 0.15) is 11.1 Å². The number of anilines is 1. The zero-order chi connectivity index (χ0) is 20.3. The Hall–Kier alpha value is -3.38. The van der Waals surface area contributed by atoms with E-state index in [-0.39, 0.29) is 21.7 Å². The molecule has 0 radical (unpaired) electrons. The molecule has 146 valence electrons. The third-order valence-electron chi connectivity index (χ3n) is 4.50. The van der Waals surface area contributed by atoms with Crippen molar-refractivity contribution in [2.75, 3.05) is 5.32 Å². The fourth-order valence-electron chi connectivity index (χ4n) is 2.91. The molecule has 0 amide bonds. The van der Waals surface area contributed by atoms with Crippen molar-refractivity contribution < 1.29 is 12.8 Å². The van der Waals surface area contributed by atoms with Gasteiger partial charge in [0, 0.05) is 12.1 Å². The van der Waals surface area contributed by atoms with Crippen molar-refractivity contribution in [1.82, 2.24) is 4.98 Å². The van der Waals surface area contributed by atoms with Crippen LogP contribution in [0.3, 0.4) is 0 Å². The average Bonchev–Trinajstić information content (AvgIpc) is 3.19. The minimum Gasteiger partial charge on any atom is -0.419 e. The second kappa shape index (κ2) is 7.93. The van der Waals surface area contributed by atoms with Crippen molar-refractivity contribution in [3.63, 3.8) is 0 Å². The van der Waals surface area contributed by atoms with E-state index < -0.39 is 9.84 Å². The Balaban J connectivity index is 1.76. The van der Waals surface area contributed by atoms with Gasteiger partial charge >= 0.3 is 0 Å². The van der Waals surface area contributed by atoms with Gasteiger partial charge in [-0.3, -0.25) is 0 Å². The van der Waals surface area contributed by atoms with Gasteiger partial charge in [0.1, 0.15) is 0 Å². The highest BCUT2D eigenvalue weighted by Crippen LogP contribution is 2.32. The minimum absolute atomic E-state index is 0.116. The molecule has 1 heterocycles. The summed E-state index contributed by atoms with van der Waals surface area (Å²) in [6.07, 6.45) is 0. The fourth-order valence-corrected chi connectivity index (χ4v) is 4.21. The number of hydrogen-bond acceptors (Lipinski definition) is 5. The molecule has 0 saturated carbocycles. The van der Waals surface area contributed by atoms with Crippen molar-refractivity contribution in [2.24, 2.45) is 0 Å². The predicted molar refractivity (Wildman–Crippen MR) is 112 cm³/mol. The Morgan fingerprint density at radius 2 is 1.48 bits per heavy atom. The zero-order valence-corrected chi connectivity index (χ0v) is 16.7. The van der Waals surface area contributed by atoms with E-state index in [1.165, 1.54) is 0 Å². The summed E-state index contributed by atoms with van der Waals surface area (Å²) in [6.45, 7) is 2.40. The van der Waals surface area contributed by atoms with Gasteiger partial charge in [-0.05, 0) is 36.8 Å². The van der Waals surface area contributed by atoms with E-state index in [0.717, 1.165) is 11.1 Å². The third-order valence-corrected chi connectivity index (χ3v) is 6.18. The van der Waals surface area contributed by atoms with Crippen LogP contribution in [0, 0.1) is 6.92 Å². The van der Waals surface area contributed by atoms with Gasteiger partial charge in [0.05, 0.1) is 4.90 Å². The van der Waals surface area contributed by atoms with Crippen LogP contribution < -0.4 is 5.32 Å². The molecule has 6 heteroatoms. The lowest BCUT2D eigenvalue weighted by atomic mass is 10.1. The van der Waals surface area contributed by atoms with Gasteiger partial charge in [-0.1, -0.05) is 66.2 Å². The number of rotatable bonds is 6. The molecule has 0 spiro atoms. The molecule has 0 saturated heterocycles. The molecule has 3 aromatic carbocycles. The highest BCUT2D eigenvalue weighted by molar-refractivity contribution is 7.91. The standard InChI is InChI=1S/C23H20N2O3S/c1-17-12-14-19(15-13-17)21-25-23(29(26,27)20-10-6-3-7-11-20)22(28-21)24-16-18-8-4-2-5-9-18/h2-15,24H,16H2,1H3. The van der Waals surface area contributed by atoms with Gasteiger partial charge in [0.2, 0.25) is 26.6 Å². The first-order chi connectivity index (χ1) is 14.0. The summed E-state index contributed by atoms with van der Waals surface area (Å²) in [4.78, 5) is 4.53. The number of aryl methyl sites for hydroxylation is 1. The molecule has 1 aromatic heterocycles. The van der Waals surface area contributed by atoms with E-state index in [1.807, 2.05) is 61.5 Å². The van der Waals surface area contributed by atoms with Crippen LogP contribution in [0.25, 0.3) is 11.5 Å². The maximum atomic E-state index is 13.2. The van der Waals surface area contributed by atoms with Crippen molar-refractivity contribution >= 4 is 15.7 Å². The van der Waals surface area contributed by atoms with Gasteiger partial charge in [-0.2, -0.15) is 4.98 Å². The number of benzene rings is 3. The SMILES string of the molecule is Cc1ccc(-c2nc(S(=O)(=O)c3ccccc3)c(NCc3ccccc3)o2)cc1. The first-order valence-corrected chi connectivity index (χ1v) is 10.7. The van der Waals surface area contributed by atoms with Crippen LogP contribution in [0.2, 0.25) is 0 Å². The maximum absolute atomic E-state index is 13.2. The molecule has 29 heavy (non-hydrogen) atoms. The van der Waals surface area contributed by atoms with Crippen LogP contribution in [0.4, 0.5) is 5.88 Å². The largest absolute Gasteiger partial charge is 0.419 e. The van der Waals surface area contributed by atoms with E-state index in [9.17, 15) is 8.42 Å². The Labute approximate surface area is 170 Å². The Kier molecular flexibility index (Phi) is 5.18. The van der Waals surface area contributed by atoms with Gasteiger partial charge in [0.15, 0.2) is 0 Å². The molecule has 0 aliphatic rings. The topological polar surface area (TPSA) is 72.2 Å². The summed E-state index contributed by atoms with van der Waals surface area (Å²) >= 11 is 0. The zero-order valence-electron chi connectivity index (χ0n) is 15.9. The van der Waals surface area contributed by atoms with Crippen LogP contribution in [0.15, 0.2) is 99.3 Å². The summed E-state index contributed by atoms with van der Waals surface area (Å²) in [7, 11) is -3.84. The number of nitrogens with one attached hydrogen (secondary N) is 1. The van der Waals surface area contributed by atoms with Crippen molar-refractivity contribution in [2.45, 2.75) is 23.4 Å². The van der Waals surface area contributed by atoms with E-state index in [4.69, 9.17) is 4.42 Å². The number of aromatic nitrogens is 1. The summed E-state index contributed by atoms with van der Waals surface area (Å²) in [5, 5.41) is 2.98. The normalized spacial score (nSPS) is 11.3. The van der Waals surface area contributed by atoms with Gasteiger partial charge in [0.25, 0.3) is 0 Å². The average molecular weight is 404 g/mol. The van der Waals surface area contributed by atoms with Gasteiger partial charge in [-0.15, -0.1) is 0 Å². The van der Waals surface area contributed by atoms with Gasteiger partial charge in [-0.25, -0.2) is 8.42 Å². The monoisotopic (exact) mass is 404 g/mol. The smallest absolute Gasteiger partial charge is 0.234 e. The Morgan fingerprint density at radius 3 is 2.14 bits per heavy atom. The second-order valence-corrected chi connectivity index (χ2v) is 8.54. The molecule has 1 N–H and O–H groups in total. The van der Waals surface area contributed by atoms with E-state index >= 15 is 0 Å². The molecular weight excluding hydrogens is 384 g/mol. The highest BCUT2D eigenvalue weighted by atomic mass is 32.2. The van der Waals surface area contributed by atoms with E-state index in [1.54, 1.807) is 30.3 Å². The summed E-state index contributed by atoms with van der Waals surface area (Å²) in [6, 6.07) is 25.5. The van der Waals surface area contributed by atoms with Crippen LogP contribution in [-0.4, -0.2) is 13.4 Å². The van der Waals surface area contributed by atoms with Crippen molar-refractivity contribution in [1.29, 1.82) is 0 Å². The number of nitrogens with zero attached hydrogens (tertiary/aromatic N) is 1. The summed E-state index contributed by atoms with van der Waals surface area (Å²) in [5.41, 5.74) is 2.82. The second-order valence-electron chi connectivity index (χ2n) is 6.67. The van der Waals surface area contributed by atoms with E-state index in [2.05, 4.69) is 10.3 Å². The Bertz CT molecular complexity index is 1200. The van der Waals surface area contributed by atoms with Crippen molar-refractivity contribution in [3.8, 4) is 11.5 Å². The minimum atomic E-state index is -3.84. The van der Waals surface area contributed by atoms with Gasteiger partial charge < -0.3 is 9.73 Å². The number of sulfone groups is 1. The number of hydrogen-bond donors (Lipinski definition) is 1. The molecule has 0 bridgehead atoms. The molecule has 4 rings (SSSR count). The summed E-state index contributed by atoms with van der Waals surface area (Å²) in [5.74, 6) is 0.392. The molecule has 5 nitrogen and oxygen atoms in total.